The lowest BCUT2D eigenvalue weighted by Crippen LogP contribution is -2.23. The van der Waals surface area contributed by atoms with E-state index < -0.39 is 11.6 Å². The summed E-state index contributed by atoms with van der Waals surface area (Å²) in [6.45, 7) is 2.92. The lowest BCUT2D eigenvalue weighted by molar-refractivity contribution is 0.100. The highest BCUT2D eigenvalue weighted by molar-refractivity contribution is 5.99. The third-order valence-corrected chi connectivity index (χ3v) is 3.48. The Kier molecular flexibility index (Phi) is 3.11. The molecule has 0 spiro atoms. The molecule has 1 aliphatic rings. The van der Waals surface area contributed by atoms with Gasteiger partial charge in [0.1, 0.15) is 18.0 Å². The first kappa shape index (κ1) is 13.9. The van der Waals surface area contributed by atoms with Crippen molar-refractivity contribution in [3.8, 4) is 5.75 Å². The number of carbonyl (C=O) groups is 1. The molecule has 0 bridgehead atoms. The second-order valence-electron chi connectivity index (χ2n) is 6.08. The van der Waals surface area contributed by atoms with Crippen LogP contribution in [-0.2, 0) is 0 Å². The number of primary amides is 1. The van der Waals surface area contributed by atoms with Crippen molar-refractivity contribution in [3.05, 3.63) is 29.6 Å². The van der Waals surface area contributed by atoms with Crippen LogP contribution in [0.3, 0.4) is 0 Å². The zero-order valence-corrected chi connectivity index (χ0v) is 12.1. The van der Waals surface area contributed by atoms with Crippen molar-refractivity contribution < 1.29 is 13.9 Å². The number of ether oxygens (including phenoxy) is 1. The van der Waals surface area contributed by atoms with Crippen LogP contribution < -0.4 is 10.5 Å². The Morgan fingerprint density at radius 1 is 1.52 bits per heavy atom. The molecule has 0 unspecified atom stereocenters. The molecule has 0 atom stereocenters. The molecule has 1 fully saturated rings. The lowest BCUT2D eigenvalue weighted by atomic mass is 10.1. The van der Waals surface area contributed by atoms with E-state index >= 15 is 0 Å². The van der Waals surface area contributed by atoms with Crippen LogP contribution in [-0.4, -0.2) is 27.8 Å². The number of nitrogens with two attached hydrogens (primary N) is 1. The van der Waals surface area contributed by atoms with Gasteiger partial charge >= 0.3 is 0 Å². The van der Waals surface area contributed by atoms with Gasteiger partial charge in [0, 0.05) is 5.92 Å². The predicted octanol–water partition coefficient (Wildman–Crippen LogP) is 2.44. The minimum absolute atomic E-state index is 0.0256. The molecule has 2 aromatic heterocycles. The van der Waals surface area contributed by atoms with Gasteiger partial charge in [0.2, 0.25) is 0 Å². The molecule has 1 amide bonds. The Morgan fingerprint density at radius 2 is 2.24 bits per heavy atom. The summed E-state index contributed by atoms with van der Waals surface area (Å²) in [4.78, 5) is 11.4. The van der Waals surface area contributed by atoms with Gasteiger partial charge in [0.25, 0.3) is 5.91 Å². The number of pyridine rings is 1. The van der Waals surface area contributed by atoms with E-state index in [9.17, 15) is 9.18 Å². The maximum Gasteiger partial charge on any atom is 0.252 e. The number of nitrogens with zero attached hydrogens (tertiary/aromatic N) is 2. The van der Waals surface area contributed by atoms with Gasteiger partial charge in [-0.15, -0.1) is 0 Å². The van der Waals surface area contributed by atoms with Gasteiger partial charge in [-0.2, -0.15) is 5.10 Å². The average Bonchev–Trinajstić information content (AvgIpc) is 3.12. The first-order valence-corrected chi connectivity index (χ1v) is 6.99. The number of halogens is 1. The van der Waals surface area contributed by atoms with Crippen molar-refractivity contribution in [1.82, 2.24) is 9.61 Å². The van der Waals surface area contributed by atoms with Crippen LogP contribution in [0, 0.1) is 0 Å². The standard InChI is InChI=1S/C15H18FN3O2/c1-15(2,16)8-21-12-6-5-11-10(14(17)20)7-18-19(11)13(12)9-3-4-9/h5-7,9H,3-4,8H2,1-2H3,(H2,17,20). The van der Waals surface area contributed by atoms with E-state index in [0.717, 1.165) is 18.5 Å². The average molecular weight is 291 g/mol. The topological polar surface area (TPSA) is 69.6 Å². The monoisotopic (exact) mass is 291 g/mol. The molecule has 5 nitrogen and oxygen atoms in total. The number of aromatic nitrogens is 2. The Bertz CT molecular complexity index is 699. The van der Waals surface area contributed by atoms with Crippen molar-refractivity contribution in [1.29, 1.82) is 0 Å². The van der Waals surface area contributed by atoms with E-state index in [-0.39, 0.29) is 6.61 Å². The summed E-state index contributed by atoms with van der Waals surface area (Å²) < 4.78 is 21.0. The number of amides is 1. The largest absolute Gasteiger partial charge is 0.488 e. The minimum Gasteiger partial charge on any atom is -0.488 e. The van der Waals surface area contributed by atoms with Crippen LogP contribution >= 0.6 is 0 Å². The summed E-state index contributed by atoms with van der Waals surface area (Å²) in [5.74, 6) is 0.451. The van der Waals surface area contributed by atoms with Crippen LogP contribution in [0.4, 0.5) is 4.39 Å². The molecule has 112 valence electrons. The van der Waals surface area contributed by atoms with E-state index in [1.54, 1.807) is 16.6 Å². The smallest absolute Gasteiger partial charge is 0.252 e. The molecule has 0 aliphatic heterocycles. The van der Waals surface area contributed by atoms with Crippen LogP contribution in [0.5, 0.6) is 5.75 Å². The van der Waals surface area contributed by atoms with Crippen LogP contribution in [0.1, 0.15) is 48.7 Å². The second-order valence-corrected chi connectivity index (χ2v) is 6.08. The maximum absolute atomic E-state index is 13.6. The zero-order chi connectivity index (χ0) is 15.2. The summed E-state index contributed by atoms with van der Waals surface area (Å²) in [7, 11) is 0. The fourth-order valence-corrected chi connectivity index (χ4v) is 2.35. The minimum atomic E-state index is -1.40. The van der Waals surface area contributed by atoms with E-state index in [2.05, 4.69) is 5.10 Å². The van der Waals surface area contributed by atoms with Crippen LogP contribution in [0.25, 0.3) is 5.52 Å². The molecular formula is C15H18FN3O2. The SMILES string of the molecule is CC(C)(F)COc1ccc2c(C(N)=O)cnn2c1C1CC1. The normalized spacial score (nSPS) is 15.4. The number of fused-ring (bicyclic) bond motifs is 1. The Labute approximate surface area is 121 Å². The van der Waals surface area contributed by atoms with Crippen LogP contribution in [0.15, 0.2) is 18.3 Å². The molecule has 1 saturated carbocycles. The van der Waals surface area contributed by atoms with Gasteiger partial charge in [-0.25, -0.2) is 8.91 Å². The second kappa shape index (κ2) is 4.72. The van der Waals surface area contributed by atoms with Crippen LogP contribution in [0.2, 0.25) is 0 Å². The number of carbonyl (C=O) groups excluding carboxylic acids is 1. The highest BCUT2D eigenvalue weighted by Crippen LogP contribution is 2.44. The quantitative estimate of drug-likeness (QED) is 0.919. The fraction of sp³-hybridized carbons (Fsp3) is 0.467. The molecule has 0 aromatic carbocycles. The van der Waals surface area contributed by atoms with E-state index in [1.165, 1.54) is 20.0 Å². The number of hydrogen-bond donors (Lipinski definition) is 1. The first-order valence-electron chi connectivity index (χ1n) is 6.99. The third kappa shape index (κ3) is 2.70. The van der Waals surface area contributed by atoms with Gasteiger partial charge in [0.15, 0.2) is 0 Å². The molecule has 0 saturated heterocycles. The third-order valence-electron chi connectivity index (χ3n) is 3.48. The van der Waals surface area contributed by atoms with Gasteiger partial charge < -0.3 is 10.5 Å². The predicted molar refractivity (Wildman–Crippen MR) is 76.4 cm³/mol. The van der Waals surface area contributed by atoms with E-state index in [4.69, 9.17) is 10.5 Å². The summed E-state index contributed by atoms with van der Waals surface area (Å²) >= 11 is 0. The molecule has 6 heteroatoms. The molecule has 2 N–H and O–H groups in total. The zero-order valence-electron chi connectivity index (χ0n) is 12.1. The van der Waals surface area contributed by atoms with Gasteiger partial charge in [-0.3, -0.25) is 4.79 Å². The van der Waals surface area contributed by atoms with Gasteiger partial charge in [0.05, 0.1) is 23.0 Å². The molecule has 2 heterocycles. The van der Waals surface area contributed by atoms with Crippen molar-refractivity contribution in [2.45, 2.75) is 38.3 Å². The van der Waals surface area contributed by atoms with Crippen molar-refractivity contribution in [2.75, 3.05) is 6.61 Å². The summed E-state index contributed by atoms with van der Waals surface area (Å²) in [5.41, 5.74) is 5.88. The molecular weight excluding hydrogens is 273 g/mol. The Balaban J connectivity index is 2.05. The van der Waals surface area contributed by atoms with Gasteiger partial charge in [-0.1, -0.05) is 0 Å². The van der Waals surface area contributed by atoms with Gasteiger partial charge in [-0.05, 0) is 38.8 Å². The molecule has 1 aliphatic carbocycles. The number of hydrogen-bond acceptors (Lipinski definition) is 3. The molecule has 2 aromatic rings. The van der Waals surface area contributed by atoms with Crippen molar-refractivity contribution in [3.63, 3.8) is 0 Å². The fourth-order valence-electron chi connectivity index (χ4n) is 2.35. The lowest BCUT2D eigenvalue weighted by Gasteiger charge is -2.18. The molecule has 3 rings (SSSR count). The number of rotatable bonds is 5. The maximum atomic E-state index is 13.6. The Morgan fingerprint density at radius 3 is 2.81 bits per heavy atom. The molecule has 0 radical (unpaired) electrons. The molecule has 21 heavy (non-hydrogen) atoms. The highest BCUT2D eigenvalue weighted by Gasteiger charge is 2.31. The van der Waals surface area contributed by atoms with E-state index in [0.29, 0.717) is 22.7 Å². The van der Waals surface area contributed by atoms with E-state index in [1.807, 2.05) is 0 Å². The summed E-state index contributed by atoms with van der Waals surface area (Å²) in [6, 6.07) is 3.50. The first-order chi connectivity index (χ1) is 9.87. The summed E-state index contributed by atoms with van der Waals surface area (Å²) in [6.07, 6.45) is 3.55. The highest BCUT2D eigenvalue weighted by atomic mass is 19.1. The van der Waals surface area contributed by atoms with Crippen molar-refractivity contribution in [2.24, 2.45) is 5.73 Å². The Hall–Kier alpha value is -2.11. The number of alkyl halides is 1. The summed E-state index contributed by atoms with van der Waals surface area (Å²) in [5, 5.41) is 4.25. The van der Waals surface area contributed by atoms with Crippen molar-refractivity contribution >= 4 is 11.4 Å².